The quantitative estimate of drug-likeness (QED) is 0.628. The molecule has 2 aromatic carbocycles. The maximum Gasteiger partial charge on any atom is 0.233 e. The number of carbonyl (C=O) groups excluding carboxylic acids is 1. The molecule has 0 radical (unpaired) electrons. The summed E-state index contributed by atoms with van der Waals surface area (Å²) in [5.41, 5.74) is 3.55. The summed E-state index contributed by atoms with van der Waals surface area (Å²) in [4.78, 5) is 15.1. The standard InChI is InChI=1S/C19H21N3O/c23-19(14-20-12-15-6-2-1-3-7-15)21-11-10-16-13-22-18-9-5-4-8-17(16)18/h1-9,13,20,22H,10-12,14H2,(H,21,23). The molecule has 0 aliphatic heterocycles. The van der Waals surface area contributed by atoms with Gasteiger partial charge in [-0.1, -0.05) is 48.5 Å². The van der Waals surface area contributed by atoms with Gasteiger partial charge in [-0.25, -0.2) is 0 Å². The number of carbonyl (C=O) groups is 1. The molecule has 0 saturated carbocycles. The van der Waals surface area contributed by atoms with Crippen molar-refractivity contribution in [3.05, 3.63) is 71.9 Å². The first-order valence-corrected chi connectivity index (χ1v) is 7.89. The molecule has 0 unspecified atom stereocenters. The Balaban J connectivity index is 1.39. The molecule has 1 aromatic heterocycles. The van der Waals surface area contributed by atoms with Crippen LogP contribution < -0.4 is 10.6 Å². The maximum atomic E-state index is 11.8. The van der Waals surface area contributed by atoms with Crippen molar-refractivity contribution in [2.75, 3.05) is 13.1 Å². The second-order valence-electron chi connectivity index (χ2n) is 5.55. The van der Waals surface area contributed by atoms with Crippen molar-refractivity contribution < 1.29 is 4.79 Å². The van der Waals surface area contributed by atoms with Gasteiger partial charge in [0.05, 0.1) is 6.54 Å². The number of para-hydroxylation sites is 1. The van der Waals surface area contributed by atoms with E-state index in [1.807, 2.05) is 48.7 Å². The van der Waals surface area contributed by atoms with Gasteiger partial charge in [-0.15, -0.1) is 0 Å². The third kappa shape index (κ3) is 4.20. The number of rotatable bonds is 7. The third-order valence-electron chi connectivity index (χ3n) is 3.85. The Morgan fingerprint density at radius 3 is 2.65 bits per heavy atom. The van der Waals surface area contributed by atoms with Crippen LogP contribution in [0, 0.1) is 0 Å². The van der Waals surface area contributed by atoms with Gasteiger partial charge in [0, 0.05) is 30.2 Å². The van der Waals surface area contributed by atoms with Gasteiger partial charge in [0.2, 0.25) is 5.91 Å². The summed E-state index contributed by atoms with van der Waals surface area (Å²) < 4.78 is 0. The van der Waals surface area contributed by atoms with E-state index in [9.17, 15) is 4.79 Å². The normalized spacial score (nSPS) is 10.8. The molecule has 3 rings (SSSR count). The molecule has 0 fully saturated rings. The first kappa shape index (κ1) is 15.3. The van der Waals surface area contributed by atoms with E-state index in [0.29, 0.717) is 19.6 Å². The van der Waals surface area contributed by atoms with E-state index in [1.54, 1.807) is 0 Å². The summed E-state index contributed by atoms with van der Waals surface area (Å²) in [5.74, 6) is 0.0285. The van der Waals surface area contributed by atoms with Crippen molar-refractivity contribution in [1.82, 2.24) is 15.6 Å². The lowest BCUT2D eigenvalue weighted by Crippen LogP contribution is -2.34. The number of aromatic amines is 1. The fraction of sp³-hybridized carbons (Fsp3) is 0.211. The Bertz CT molecular complexity index is 764. The smallest absolute Gasteiger partial charge is 0.233 e. The summed E-state index contributed by atoms with van der Waals surface area (Å²) in [5, 5.41) is 7.34. The molecule has 0 spiro atoms. The van der Waals surface area contributed by atoms with E-state index in [-0.39, 0.29) is 5.91 Å². The molecule has 3 aromatic rings. The highest BCUT2D eigenvalue weighted by Crippen LogP contribution is 2.17. The first-order valence-electron chi connectivity index (χ1n) is 7.89. The average molecular weight is 307 g/mol. The molecular weight excluding hydrogens is 286 g/mol. The fourth-order valence-electron chi connectivity index (χ4n) is 2.65. The number of fused-ring (bicyclic) bond motifs is 1. The molecule has 0 saturated heterocycles. The second-order valence-corrected chi connectivity index (χ2v) is 5.55. The number of nitrogens with one attached hydrogen (secondary N) is 3. The van der Waals surface area contributed by atoms with Crippen LogP contribution in [0.15, 0.2) is 60.8 Å². The maximum absolute atomic E-state index is 11.8. The molecule has 1 amide bonds. The average Bonchev–Trinajstić information content (AvgIpc) is 2.99. The van der Waals surface area contributed by atoms with Crippen LogP contribution in [0.3, 0.4) is 0 Å². The highest BCUT2D eigenvalue weighted by atomic mass is 16.1. The summed E-state index contributed by atoms with van der Waals surface area (Å²) in [6.45, 7) is 1.69. The van der Waals surface area contributed by atoms with Crippen LogP contribution in [-0.2, 0) is 17.8 Å². The van der Waals surface area contributed by atoms with Gasteiger partial charge < -0.3 is 15.6 Å². The fourth-order valence-corrected chi connectivity index (χ4v) is 2.65. The van der Waals surface area contributed by atoms with Crippen molar-refractivity contribution in [2.45, 2.75) is 13.0 Å². The van der Waals surface area contributed by atoms with Gasteiger partial charge in [0.1, 0.15) is 0 Å². The zero-order valence-corrected chi connectivity index (χ0v) is 13.0. The molecule has 0 atom stereocenters. The monoisotopic (exact) mass is 307 g/mol. The first-order chi connectivity index (χ1) is 11.3. The highest BCUT2D eigenvalue weighted by Gasteiger charge is 2.04. The summed E-state index contributed by atoms with van der Waals surface area (Å²) >= 11 is 0. The van der Waals surface area contributed by atoms with E-state index in [0.717, 1.165) is 11.9 Å². The number of benzene rings is 2. The molecule has 118 valence electrons. The van der Waals surface area contributed by atoms with E-state index < -0.39 is 0 Å². The Morgan fingerprint density at radius 2 is 1.78 bits per heavy atom. The zero-order chi connectivity index (χ0) is 15.9. The molecule has 0 aliphatic rings. The van der Waals surface area contributed by atoms with Gasteiger partial charge in [-0.05, 0) is 23.6 Å². The SMILES string of the molecule is O=C(CNCc1ccccc1)NCCc1c[nH]c2ccccc12. The molecule has 1 heterocycles. The van der Waals surface area contributed by atoms with Crippen molar-refractivity contribution in [1.29, 1.82) is 0 Å². The second kappa shape index (κ2) is 7.61. The number of H-pyrrole nitrogens is 1. The van der Waals surface area contributed by atoms with Crippen LogP contribution in [0.2, 0.25) is 0 Å². The molecule has 23 heavy (non-hydrogen) atoms. The minimum Gasteiger partial charge on any atom is -0.361 e. The summed E-state index contributed by atoms with van der Waals surface area (Å²) in [7, 11) is 0. The van der Waals surface area contributed by atoms with E-state index in [2.05, 4.69) is 27.8 Å². The molecule has 3 N–H and O–H groups in total. The zero-order valence-electron chi connectivity index (χ0n) is 13.0. The Morgan fingerprint density at radius 1 is 1.00 bits per heavy atom. The van der Waals surface area contributed by atoms with E-state index in [1.165, 1.54) is 16.5 Å². The van der Waals surface area contributed by atoms with Gasteiger partial charge in [0.25, 0.3) is 0 Å². The predicted molar refractivity (Wildman–Crippen MR) is 93.2 cm³/mol. The predicted octanol–water partition coefficient (Wildman–Crippen LogP) is 2.62. The van der Waals surface area contributed by atoms with Crippen molar-refractivity contribution in [3.63, 3.8) is 0 Å². The van der Waals surface area contributed by atoms with Gasteiger partial charge in [0.15, 0.2) is 0 Å². The van der Waals surface area contributed by atoms with Crippen molar-refractivity contribution in [2.24, 2.45) is 0 Å². The molecular formula is C19H21N3O. The Labute approximate surface area is 135 Å². The molecule has 0 bridgehead atoms. The minimum atomic E-state index is 0.0285. The number of amides is 1. The van der Waals surface area contributed by atoms with Gasteiger partial charge in [-0.3, -0.25) is 4.79 Å². The van der Waals surface area contributed by atoms with Crippen molar-refractivity contribution >= 4 is 16.8 Å². The van der Waals surface area contributed by atoms with Crippen LogP contribution in [-0.4, -0.2) is 24.0 Å². The topological polar surface area (TPSA) is 56.9 Å². The largest absolute Gasteiger partial charge is 0.361 e. The Hall–Kier alpha value is -2.59. The van der Waals surface area contributed by atoms with Crippen molar-refractivity contribution in [3.8, 4) is 0 Å². The lowest BCUT2D eigenvalue weighted by molar-refractivity contribution is -0.120. The minimum absolute atomic E-state index is 0.0285. The van der Waals surface area contributed by atoms with Crippen LogP contribution in [0.25, 0.3) is 10.9 Å². The van der Waals surface area contributed by atoms with Gasteiger partial charge >= 0.3 is 0 Å². The number of hydrogen-bond donors (Lipinski definition) is 3. The number of hydrogen-bond acceptors (Lipinski definition) is 2. The third-order valence-corrected chi connectivity index (χ3v) is 3.85. The molecule has 0 aliphatic carbocycles. The summed E-state index contributed by atoms with van der Waals surface area (Å²) in [6, 6.07) is 18.3. The van der Waals surface area contributed by atoms with Gasteiger partial charge in [-0.2, -0.15) is 0 Å². The molecule has 4 nitrogen and oxygen atoms in total. The van der Waals surface area contributed by atoms with E-state index >= 15 is 0 Å². The van der Waals surface area contributed by atoms with Crippen LogP contribution in [0.4, 0.5) is 0 Å². The molecule has 4 heteroatoms. The highest BCUT2D eigenvalue weighted by molar-refractivity contribution is 5.83. The van der Waals surface area contributed by atoms with Crippen LogP contribution in [0.5, 0.6) is 0 Å². The summed E-state index contributed by atoms with van der Waals surface area (Å²) in [6.07, 6.45) is 2.85. The van der Waals surface area contributed by atoms with Crippen LogP contribution in [0.1, 0.15) is 11.1 Å². The lowest BCUT2D eigenvalue weighted by atomic mass is 10.1. The van der Waals surface area contributed by atoms with Crippen LogP contribution >= 0.6 is 0 Å². The lowest BCUT2D eigenvalue weighted by Gasteiger charge is -2.06. The Kier molecular flexibility index (Phi) is 5.06. The number of aromatic nitrogens is 1. The van der Waals surface area contributed by atoms with E-state index in [4.69, 9.17) is 0 Å².